The maximum atomic E-state index is 13.6. The summed E-state index contributed by atoms with van der Waals surface area (Å²) in [5.41, 5.74) is 3.99. The first-order valence-corrected chi connectivity index (χ1v) is 10.9. The molecule has 7 nitrogen and oxygen atoms in total. The molecule has 2 heterocycles. The molecular formula is C19H26F2N2O5S. The van der Waals surface area contributed by atoms with Crippen LogP contribution in [-0.4, -0.2) is 43.1 Å². The lowest BCUT2D eigenvalue weighted by Gasteiger charge is -2.53. The van der Waals surface area contributed by atoms with Crippen molar-refractivity contribution in [3.8, 4) is 5.75 Å². The molecule has 1 aromatic carbocycles. The summed E-state index contributed by atoms with van der Waals surface area (Å²) in [4.78, 5) is 11.3. The number of sulfonamides is 1. The van der Waals surface area contributed by atoms with Crippen molar-refractivity contribution in [2.45, 2.75) is 75.6 Å². The molecule has 2 aliphatic rings. The number of rotatable bonds is 5. The van der Waals surface area contributed by atoms with E-state index in [0.29, 0.717) is 25.7 Å². The highest BCUT2D eigenvalue weighted by atomic mass is 32.2. The van der Waals surface area contributed by atoms with Crippen LogP contribution in [0.15, 0.2) is 29.2 Å². The zero-order valence-corrected chi connectivity index (χ0v) is 17.4. The van der Waals surface area contributed by atoms with Crippen molar-refractivity contribution in [3.63, 3.8) is 0 Å². The molecule has 3 rings (SSSR count). The smallest absolute Gasteiger partial charge is 0.404 e. The molecule has 2 N–H and O–H groups in total. The Hall–Kier alpha value is -1.94. The van der Waals surface area contributed by atoms with Gasteiger partial charge in [0.2, 0.25) is 10.0 Å². The van der Waals surface area contributed by atoms with Crippen LogP contribution in [0.4, 0.5) is 13.6 Å². The Morgan fingerprint density at radius 3 is 2.41 bits per heavy atom. The Morgan fingerprint density at radius 2 is 1.90 bits per heavy atom. The third kappa shape index (κ3) is 3.92. The van der Waals surface area contributed by atoms with Gasteiger partial charge in [-0.05, 0) is 42.5 Å². The Bertz CT molecular complexity index is 870. The molecule has 0 unspecified atom stereocenters. The van der Waals surface area contributed by atoms with Gasteiger partial charge < -0.3 is 15.2 Å². The van der Waals surface area contributed by atoms with Crippen molar-refractivity contribution in [3.05, 3.63) is 24.3 Å². The van der Waals surface area contributed by atoms with E-state index in [1.165, 1.54) is 24.3 Å². The fourth-order valence-corrected chi connectivity index (χ4v) is 6.94. The number of ether oxygens (including phenoxy) is 2. The van der Waals surface area contributed by atoms with Gasteiger partial charge in [-0.3, -0.25) is 0 Å². The van der Waals surface area contributed by atoms with Gasteiger partial charge in [-0.2, -0.15) is 13.1 Å². The first kappa shape index (κ1) is 21.8. The second-order valence-electron chi connectivity index (χ2n) is 8.62. The van der Waals surface area contributed by atoms with Crippen LogP contribution in [0.25, 0.3) is 0 Å². The van der Waals surface area contributed by atoms with Crippen molar-refractivity contribution < 1.29 is 31.5 Å². The Balaban J connectivity index is 1.98. The zero-order valence-electron chi connectivity index (χ0n) is 16.6. The van der Waals surface area contributed by atoms with Crippen molar-refractivity contribution in [1.82, 2.24) is 4.31 Å². The average Bonchev–Trinajstić information content (AvgIpc) is 2.84. The molecule has 0 aliphatic carbocycles. The topological polar surface area (TPSA) is 98.9 Å². The van der Waals surface area contributed by atoms with Gasteiger partial charge in [-0.25, -0.2) is 13.2 Å². The molecule has 162 valence electrons. The van der Waals surface area contributed by atoms with Gasteiger partial charge in [-0.1, -0.05) is 20.8 Å². The lowest BCUT2D eigenvalue weighted by Crippen LogP contribution is -2.62. The van der Waals surface area contributed by atoms with Crippen LogP contribution in [0.2, 0.25) is 0 Å². The SMILES string of the molecule is CC(C)(C)[C@@]12CC[C@@H](C[C@@H](OC(N)=O)C1)N2S(=O)(=O)c1ccc(OC(F)F)cc1. The van der Waals surface area contributed by atoms with E-state index < -0.39 is 39.8 Å². The number of amides is 1. The lowest BCUT2D eigenvalue weighted by atomic mass is 9.69. The second kappa shape index (κ2) is 7.39. The molecule has 1 aromatic rings. The number of piperidine rings is 1. The second-order valence-corrected chi connectivity index (χ2v) is 10.4. The number of nitrogens with zero attached hydrogens (tertiary/aromatic N) is 1. The van der Waals surface area contributed by atoms with E-state index in [9.17, 15) is 22.0 Å². The van der Waals surface area contributed by atoms with Crippen molar-refractivity contribution in [1.29, 1.82) is 0 Å². The third-order valence-corrected chi connectivity index (χ3v) is 8.06. The number of carbonyl (C=O) groups excluding carboxylic acids is 1. The summed E-state index contributed by atoms with van der Waals surface area (Å²) >= 11 is 0. The van der Waals surface area contributed by atoms with E-state index >= 15 is 0 Å². The number of primary amides is 1. The summed E-state index contributed by atoms with van der Waals surface area (Å²) in [7, 11) is -3.92. The molecule has 0 radical (unpaired) electrons. The molecule has 3 atom stereocenters. The predicted octanol–water partition coefficient (Wildman–Crippen LogP) is 3.48. The van der Waals surface area contributed by atoms with Crippen LogP contribution in [-0.2, 0) is 14.8 Å². The fourth-order valence-electron chi connectivity index (χ4n) is 4.75. The van der Waals surface area contributed by atoms with Crippen molar-refractivity contribution in [2.24, 2.45) is 11.1 Å². The maximum absolute atomic E-state index is 13.6. The van der Waals surface area contributed by atoms with E-state index in [4.69, 9.17) is 10.5 Å². The van der Waals surface area contributed by atoms with E-state index in [1.54, 1.807) is 4.31 Å². The Labute approximate surface area is 169 Å². The van der Waals surface area contributed by atoms with Gasteiger partial charge in [0.1, 0.15) is 11.9 Å². The average molecular weight is 432 g/mol. The van der Waals surface area contributed by atoms with Gasteiger partial charge in [0.25, 0.3) is 0 Å². The fraction of sp³-hybridized carbons (Fsp3) is 0.632. The summed E-state index contributed by atoms with van der Waals surface area (Å²) in [5, 5.41) is 0. The monoisotopic (exact) mass is 432 g/mol. The quantitative estimate of drug-likeness (QED) is 0.768. The van der Waals surface area contributed by atoms with Crippen LogP contribution in [0.3, 0.4) is 0 Å². The molecule has 0 spiro atoms. The summed E-state index contributed by atoms with van der Waals surface area (Å²) in [6, 6.07) is 4.64. The van der Waals surface area contributed by atoms with E-state index in [-0.39, 0.29) is 16.7 Å². The lowest BCUT2D eigenvalue weighted by molar-refractivity contribution is -0.0498. The summed E-state index contributed by atoms with van der Waals surface area (Å²) in [5.74, 6) is -0.110. The molecule has 2 bridgehead atoms. The minimum absolute atomic E-state index is 0.00825. The minimum Gasteiger partial charge on any atom is -0.446 e. The zero-order chi connectivity index (χ0) is 21.6. The Morgan fingerprint density at radius 1 is 1.28 bits per heavy atom. The standard InChI is InChI=1S/C19H26F2N2O5S/c1-18(2,3)19-9-8-12(10-14(11-19)28-17(22)24)23(19)29(25,26)15-6-4-13(5-7-15)27-16(20)21/h4-7,12,14,16H,8-11H2,1-3H3,(H2,22,24)/t12-,14+,19+/m0/s1. The highest BCUT2D eigenvalue weighted by Gasteiger charge is 2.62. The van der Waals surface area contributed by atoms with Gasteiger partial charge in [0.15, 0.2) is 0 Å². The molecule has 0 aromatic heterocycles. The highest BCUT2D eigenvalue weighted by molar-refractivity contribution is 7.89. The predicted molar refractivity (Wildman–Crippen MR) is 101 cm³/mol. The van der Waals surface area contributed by atoms with Crippen molar-refractivity contribution >= 4 is 16.1 Å². The third-order valence-electron chi connectivity index (χ3n) is 6.03. The molecule has 2 fully saturated rings. The summed E-state index contributed by atoms with van der Waals surface area (Å²) in [6.07, 6.45) is 0.665. The number of hydrogen-bond donors (Lipinski definition) is 1. The number of hydrogen-bond acceptors (Lipinski definition) is 5. The molecule has 2 aliphatic heterocycles. The number of halogens is 2. The molecule has 2 saturated heterocycles. The highest BCUT2D eigenvalue weighted by Crippen LogP contribution is 2.55. The molecule has 10 heteroatoms. The minimum atomic E-state index is -3.92. The maximum Gasteiger partial charge on any atom is 0.404 e. The van der Waals surface area contributed by atoms with E-state index in [2.05, 4.69) is 4.74 Å². The molecule has 29 heavy (non-hydrogen) atoms. The van der Waals surface area contributed by atoms with Crippen molar-refractivity contribution in [2.75, 3.05) is 0 Å². The van der Waals surface area contributed by atoms with Crippen LogP contribution >= 0.6 is 0 Å². The summed E-state index contributed by atoms with van der Waals surface area (Å²) < 4.78 is 63.0. The molecule has 0 saturated carbocycles. The first-order valence-electron chi connectivity index (χ1n) is 9.42. The summed E-state index contributed by atoms with van der Waals surface area (Å²) in [6.45, 7) is 2.90. The molecular weight excluding hydrogens is 406 g/mol. The largest absolute Gasteiger partial charge is 0.446 e. The van der Waals surface area contributed by atoms with E-state index in [1.807, 2.05) is 20.8 Å². The molecule has 1 amide bonds. The normalized spacial score (nSPS) is 27.8. The van der Waals surface area contributed by atoms with Crippen LogP contribution in [0, 0.1) is 5.41 Å². The number of carbonyl (C=O) groups is 1. The first-order chi connectivity index (χ1) is 13.4. The van der Waals surface area contributed by atoms with Gasteiger partial charge >= 0.3 is 12.7 Å². The Kier molecular flexibility index (Phi) is 5.55. The van der Waals surface area contributed by atoms with E-state index in [0.717, 1.165) is 0 Å². The van der Waals surface area contributed by atoms with Crippen LogP contribution in [0.1, 0.15) is 46.5 Å². The number of alkyl halides is 2. The number of benzene rings is 1. The van der Waals surface area contributed by atoms with Gasteiger partial charge in [0, 0.05) is 24.4 Å². The van der Waals surface area contributed by atoms with Crippen LogP contribution in [0.5, 0.6) is 5.75 Å². The number of fused-ring (bicyclic) bond motifs is 2. The van der Waals surface area contributed by atoms with Gasteiger partial charge in [0.05, 0.1) is 4.90 Å². The van der Waals surface area contributed by atoms with Gasteiger partial charge in [-0.15, -0.1) is 0 Å². The van der Waals surface area contributed by atoms with Crippen LogP contribution < -0.4 is 10.5 Å². The number of nitrogens with two attached hydrogens (primary N) is 1.